The number of methoxy groups -OCH3 is 1. The molecule has 0 bridgehead atoms. The molecule has 0 radical (unpaired) electrons. The number of carbonyl (C=O) groups is 1. The summed E-state index contributed by atoms with van der Waals surface area (Å²) in [6, 6.07) is 8.41. The minimum Gasteiger partial charge on any atom is -0.465 e. The fourth-order valence-corrected chi connectivity index (χ4v) is 4.43. The second-order valence-corrected chi connectivity index (χ2v) is 8.14. The molecule has 3 aromatic rings. The van der Waals surface area contributed by atoms with Gasteiger partial charge in [-0.3, -0.25) is 9.69 Å². The van der Waals surface area contributed by atoms with Crippen molar-refractivity contribution in [1.29, 1.82) is 0 Å². The second-order valence-electron chi connectivity index (χ2n) is 6.26. The number of aromatic nitrogens is 2. The third kappa shape index (κ3) is 4.23. The highest BCUT2D eigenvalue weighted by Crippen LogP contribution is 2.27. The van der Waals surface area contributed by atoms with E-state index >= 15 is 0 Å². The maximum absolute atomic E-state index is 12.5. The van der Waals surface area contributed by atoms with Gasteiger partial charge in [0.15, 0.2) is 0 Å². The van der Waals surface area contributed by atoms with Crippen molar-refractivity contribution >= 4 is 39.3 Å². The number of aromatic amines is 1. The minimum atomic E-state index is -0.442. The summed E-state index contributed by atoms with van der Waals surface area (Å²) in [6.45, 7) is 2.99. The van der Waals surface area contributed by atoms with Crippen LogP contribution in [0.4, 0.5) is 0 Å². The molecule has 8 heteroatoms. The van der Waals surface area contributed by atoms with E-state index in [9.17, 15) is 9.59 Å². The number of thiophene rings is 1. The number of carbonyl (C=O) groups excluding carboxylic acids is 1. The van der Waals surface area contributed by atoms with Gasteiger partial charge < -0.3 is 9.72 Å². The lowest BCUT2D eigenvalue weighted by atomic mass is 10.2. The first kappa shape index (κ1) is 19.6. The third-order valence-electron chi connectivity index (χ3n) is 4.25. The van der Waals surface area contributed by atoms with E-state index < -0.39 is 5.97 Å². The lowest BCUT2D eigenvalue weighted by molar-refractivity contribution is 0.0605. The Hall–Kier alpha value is -2.16. The zero-order valence-corrected chi connectivity index (χ0v) is 17.3. The molecule has 0 saturated heterocycles. The average molecular weight is 404 g/mol. The van der Waals surface area contributed by atoms with Crippen LogP contribution in [0.1, 0.15) is 26.6 Å². The van der Waals surface area contributed by atoms with Crippen LogP contribution >= 0.6 is 23.1 Å². The molecule has 0 aliphatic carbocycles. The predicted octanol–water partition coefficient (Wildman–Crippen LogP) is 3.43. The summed E-state index contributed by atoms with van der Waals surface area (Å²) in [6.07, 6.45) is 2.05. The number of ether oxygens (including phenoxy) is 1. The molecule has 0 aliphatic rings. The van der Waals surface area contributed by atoms with E-state index in [1.165, 1.54) is 28.9 Å². The lowest BCUT2D eigenvalue weighted by Gasteiger charge is -2.16. The maximum atomic E-state index is 12.5. The van der Waals surface area contributed by atoms with Crippen LogP contribution in [0.3, 0.4) is 0 Å². The Morgan fingerprint density at radius 2 is 2.00 bits per heavy atom. The van der Waals surface area contributed by atoms with Gasteiger partial charge in [-0.05, 0) is 43.5 Å². The van der Waals surface area contributed by atoms with Crippen LogP contribution in [-0.2, 0) is 17.8 Å². The van der Waals surface area contributed by atoms with Gasteiger partial charge in [0.25, 0.3) is 5.56 Å². The number of fused-ring (bicyclic) bond motifs is 1. The van der Waals surface area contributed by atoms with Crippen LogP contribution in [0, 0.1) is 6.92 Å². The van der Waals surface area contributed by atoms with Gasteiger partial charge in [0.1, 0.15) is 15.5 Å². The maximum Gasteiger partial charge on any atom is 0.348 e. The number of nitrogens with zero attached hydrogens (tertiary/aromatic N) is 2. The number of hydrogen-bond donors (Lipinski definition) is 1. The lowest BCUT2D eigenvalue weighted by Crippen LogP contribution is -2.21. The van der Waals surface area contributed by atoms with Crippen molar-refractivity contribution in [1.82, 2.24) is 14.9 Å². The van der Waals surface area contributed by atoms with Gasteiger partial charge in [0, 0.05) is 11.4 Å². The summed E-state index contributed by atoms with van der Waals surface area (Å²) in [5, 5.41) is 0.458. The Morgan fingerprint density at radius 1 is 1.30 bits per heavy atom. The Kier molecular flexibility index (Phi) is 5.98. The van der Waals surface area contributed by atoms with Crippen molar-refractivity contribution in [2.75, 3.05) is 20.4 Å². The fraction of sp³-hybridized carbons (Fsp3) is 0.316. The molecule has 0 spiro atoms. The molecule has 0 atom stereocenters. The summed E-state index contributed by atoms with van der Waals surface area (Å²) >= 11 is 2.91. The van der Waals surface area contributed by atoms with E-state index in [1.54, 1.807) is 18.7 Å². The number of esters is 1. The molecule has 0 amide bonds. The standard InChI is InChI=1S/C19H21N3O3S2/c1-11-15-17(23)20-14(21-18(15)27-16(11)19(24)25-3)10-22(2)9-12-5-7-13(26-4)8-6-12/h5-8H,9-10H2,1-4H3,(H,20,21,23). The topological polar surface area (TPSA) is 75.3 Å². The molecule has 0 aliphatic heterocycles. The average Bonchev–Trinajstić information content (AvgIpc) is 2.98. The highest BCUT2D eigenvalue weighted by molar-refractivity contribution is 7.98. The largest absolute Gasteiger partial charge is 0.465 e. The van der Waals surface area contributed by atoms with E-state index in [0.717, 1.165) is 6.54 Å². The molecule has 2 heterocycles. The SMILES string of the molecule is COC(=O)c1sc2nc(CN(C)Cc3ccc(SC)cc3)[nH]c(=O)c2c1C. The van der Waals surface area contributed by atoms with Crippen molar-refractivity contribution in [2.45, 2.75) is 24.9 Å². The first-order valence-corrected chi connectivity index (χ1v) is 10.4. The molecule has 1 aromatic carbocycles. The molecule has 0 fully saturated rings. The molecule has 142 valence electrons. The Labute approximate surface area is 165 Å². The number of aryl methyl sites for hydroxylation is 1. The van der Waals surface area contributed by atoms with Gasteiger partial charge in [-0.25, -0.2) is 9.78 Å². The second kappa shape index (κ2) is 8.24. The monoisotopic (exact) mass is 403 g/mol. The molecular weight excluding hydrogens is 382 g/mol. The van der Waals surface area contributed by atoms with Crippen LogP contribution in [0.5, 0.6) is 0 Å². The van der Waals surface area contributed by atoms with E-state index in [4.69, 9.17) is 4.74 Å². The predicted molar refractivity (Wildman–Crippen MR) is 110 cm³/mol. The molecule has 0 unspecified atom stereocenters. The summed E-state index contributed by atoms with van der Waals surface area (Å²) in [5.41, 5.74) is 1.58. The number of hydrogen-bond acceptors (Lipinski definition) is 7. The first-order valence-electron chi connectivity index (χ1n) is 8.35. The Morgan fingerprint density at radius 3 is 2.63 bits per heavy atom. The van der Waals surface area contributed by atoms with E-state index in [2.05, 4.69) is 45.4 Å². The van der Waals surface area contributed by atoms with Crippen molar-refractivity contribution in [3.05, 3.63) is 56.4 Å². The number of H-pyrrole nitrogens is 1. The highest BCUT2D eigenvalue weighted by atomic mass is 32.2. The van der Waals surface area contributed by atoms with E-state index in [1.807, 2.05) is 7.05 Å². The normalized spacial score (nSPS) is 11.3. The summed E-state index contributed by atoms with van der Waals surface area (Å²) in [4.78, 5) is 36.0. The van der Waals surface area contributed by atoms with Crippen LogP contribution in [0.25, 0.3) is 10.2 Å². The van der Waals surface area contributed by atoms with Crippen molar-refractivity contribution in [3.63, 3.8) is 0 Å². The Bertz CT molecular complexity index is 1030. The van der Waals surface area contributed by atoms with Gasteiger partial charge in [0.05, 0.1) is 19.0 Å². The van der Waals surface area contributed by atoms with Gasteiger partial charge in [0.2, 0.25) is 0 Å². The third-order valence-corrected chi connectivity index (χ3v) is 6.16. The van der Waals surface area contributed by atoms with Gasteiger partial charge in [-0.2, -0.15) is 0 Å². The van der Waals surface area contributed by atoms with Crippen molar-refractivity contribution < 1.29 is 9.53 Å². The minimum absolute atomic E-state index is 0.225. The number of benzene rings is 1. The van der Waals surface area contributed by atoms with Gasteiger partial charge >= 0.3 is 5.97 Å². The van der Waals surface area contributed by atoms with Crippen LogP contribution < -0.4 is 5.56 Å². The fourth-order valence-electron chi connectivity index (χ4n) is 2.90. The molecule has 3 rings (SSSR count). The van der Waals surface area contributed by atoms with Crippen molar-refractivity contribution in [3.8, 4) is 0 Å². The smallest absolute Gasteiger partial charge is 0.348 e. The van der Waals surface area contributed by atoms with Gasteiger partial charge in [-0.15, -0.1) is 23.1 Å². The summed E-state index contributed by atoms with van der Waals surface area (Å²) < 4.78 is 4.79. The molecule has 27 heavy (non-hydrogen) atoms. The van der Waals surface area contributed by atoms with Crippen LogP contribution in [0.15, 0.2) is 34.0 Å². The number of nitrogens with one attached hydrogen (secondary N) is 1. The molecular formula is C19H21N3O3S2. The van der Waals surface area contributed by atoms with Crippen LogP contribution in [-0.4, -0.2) is 41.3 Å². The van der Waals surface area contributed by atoms with E-state index in [0.29, 0.717) is 33.0 Å². The zero-order chi connectivity index (χ0) is 19.6. The molecule has 6 nitrogen and oxygen atoms in total. The first-order chi connectivity index (χ1) is 12.9. The number of thioether (sulfide) groups is 1. The molecule has 1 N–H and O–H groups in total. The summed E-state index contributed by atoms with van der Waals surface area (Å²) in [5.74, 6) is 0.135. The van der Waals surface area contributed by atoms with E-state index in [-0.39, 0.29) is 5.56 Å². The van der Waals surface area contributed by atoms with Crippen molar-refractivity contribution in [2.24, 2.45) is 0 Å². The highest BCUT2D eigenvalue weighted by Gasteiger charge is 2.20. The van der Waals surface area contributed by atoms with Crippen LogP contribution in [0.2, 0.25) is 0 Å². The Balaban J connectivity index is 1.82. The number of rotatable bonds is 6. The molecule has 2 aromatic heterocycles. The summed E-state index contributed by atoms with van der Waals surface area (Å²) in [7, 11) is 3.31. The zero-order valence-electron chi connectivity index (χ0n) is 15.7. The quantitative estimate of drug-likeness (QED) is 0.502. The molecule has 0 saturated carbocycles. The van der Waals surface area contributed by atoms with Gasteiger partial charge in [-0.1, -0.05) is 12.1 Å².